The average molecular weight is 383 g/mol. The van der Waals surface area contributed by atoms with Crippen molar-refractivity contribution in [3.05, 3.63) is 35.9 Å². The summed E-state index contributed by atoms with van der Waals surface area (Å²) in [5.74, 6) is -0.882. The van der Waals surface area contributed by atoms with Gasteiger partial charge in [0, 0.05) is 12.0 Å². The van der Waals surface area contributed by atoms with Crippen LogP contribution in [0, 0.1) is 11.8 Å². The lowest BCUT2D eigenvalue weighted by atomic mass is 9.69. The van der Waals surface area contributed by atoms with E-state index in [1.807, 2.05) is 6.07 Å². The average Bonchev–Trinajstić information content (AvgIpc) is 2.99. The second-order valence-corrected chi connectivity index (χ2v) is 8.74. The van der Waals surface area contributed by atoms with Gasteiger partial charge in [0.2, 0.25) is 17.7 Å². The van der Waals surface area contributed by atoms with Crippen molar-refractivity contribution in [1.82, 2.24) is 10.2 Å². The quantitative estimate of drug-likeness (QED) is 0.796. The Hall–Kier alpha value is -2.17. The normalized spacial score (nSPS) is 26.8. The van der Waals surface area contributed by atoms with Gasteiger partial charge >= 0.3 is 0 Å². The van der Waals surface area contributed by atoms with Crippen molar-refractivity contribution in [3.63, 3.8) is 0 Å². The lowest BCUT2D eigenvalue weighted by Crippen LogP contribution is -2.46. The highest BCUT2D eigenvalue weighted by Gasteiger charge is 2.48. The number of benzene rings is 1. The van der Waals surface area contributed by atoms with E-state index in [1.54, 1.807) is 0 Å². The van der Waals surface area contributed by atoms with Crippen LogP contribution in [0.3, 0.4) is 0 Å². The minimum atomic E-state index is -0.221. The van der Waals surface area contributed by atoms with Crippen molar-refractivity contribution in [3.8, 4) is 0 Å². The molecule has 150 valence electrons. The molecule has 0 bridgehead atoms. The van der Waals surface area contributed by atoms with Crippen LogP contribution in [0.2, 0.25) is 0 Å². The fourth-order valence-corrected chi connectivity index (χ4v) is 5.44. The van der Waals surface area contributed by atoms with E-state index in [9.17, 15) is 14.4 Å². The van der Waals surface area contributed by atoms with Gasteiger partial charge in [-0.1, -0.05) is 62.4 Å². The van der Waals surface area contributed by atoms with Crippen molar-refractivity contribution >= 4 is 17.7 Å². The smallest absolute Gasteiger partial charge is 0.240 e. The molecule has 0 unspecified atom stereocenters. The van der Waals surface area contributed by atoms with Crippen molar-refractivity contribution < 1.29 is 14.4 Å². The van der Waals surface area contributed by atoms with Gasteiger partial charge in [0.05, 0.1) is 11.8 Å². The molecular formula is C23H30N2O3. The number of nitrogens with zero attached hydrogens (tertiary/aromatic N) is 1. The number of likely N-dealkylation sites (tertiary alicyclic amines) is 1. The topological polar surface area (TPSA) is 66.5 Å². The molecule has 3 aliphatic rings. The zero-order valence-corrected chi connectivity index (χ0v) is 16.5. The van der Waals surface area contributed by atoms with Gasteiger partial charge in [-0.05, 0) is 31.2 Å². The molecule has 0 radical (unpaired) electrons. The van der Waals surface area contributed by atoms with Gasteiger partial charge in [0.1, 0.15) is 6.54 Å². The van der Waals surface area contributed by atoms with Gasteiger partial charge in [0.25, 0.3) is 0 Å². The third kappa shape index (κ3) is 3.59. The summed E-state index contributed by atoms with van der Waals surface area (Å²) in [5, 5.41) is 3.06. The Bertz CT molecular complexity index is 715. The standard InChI is InChI=1S/C23H30N2O3/c26-20(15-25-21(27)18-11-5-6-12-19(18)22(25)28)24-16-23(13-7-2-8-14-23)17-9-3-1-4-10-17/h1,3-4,9-10,18-19H,2,5-8,11-16H2,(H,24,26)/t18-,19-/m0/s1. The van der Waals surface area contributed by atoms with Crippen LogP contribution in [0.15, 0.2) is 30.3 Å². The first-order chi connectivity index (χ1) is 13.6. The Kier molecular flexibility index (Phi) is 5.51. The van der Waals surface area contributed by atoms with E-state index in [0.717, 1.165) is 51.4 Å². The van der Waals surface area contributed by atoms with E-state index >= 15 is 0 Å². The minimum Gasteiger partial charge on any atom is -0.354 e. The monoisotopic (exact) mass is 382 g/mol. The van der Waals surface area contributed by atoms with E-state index < -0.39 is 0 Å². The summed E-state index contributed by atoms with van der Waals surface area (Å²) in [6, 6.07) is 10.4. The zero-order valence-electron chi connectivity index (χ0n) is 16.5. The highest BCUT2D eigenvalue weighted by molar-refractivity contribution is 6.07. The molecule has 1 aliphatic heterocycles. The SMILES string of the molecule is O=C(CN1C(=O)[C@H]2CCCC[C@@H]2C1=O)NCC1(c2ccccc2)CCCCC1. The van der Waals surface area contributed by atoms with Crippen molar-refractivity contribution in [2.24, 2.45) is 11.8 Å². The van der Waals surface area contributed by atoms with Crippen LogP contribution in [-0.4, -0.2) is 35.7 Å². The van der Waals surface area contributed by atoms with Gasteiger partial charge in [-0.3, -0.25) is 19.3 Å². The van der Waals surface area contributed by atoms with E-state index in [2.05, 4.69) is 29.6 Å². The Labute approximate surface area is 166 Å². The van der Waals surface area contributed by atoms with Crippen LogP contribution in [0.5, 0.6) is 0 Å². The van der Waals surface area contributed by atoms with Crippen LogP contribution < -0.4 is 5.32 Å². The summed E-state index contributed by atoms with van der Waals surface area (Å²) in [6.45, 7) is 0.439. The van der Waals surface area contributed by atoms with Gasteiger partial charge in [0.15, 0.2) is 0 Å². The predicted octanol–water partition coefficient (Wildman–Crippen LogP) is 3.18. The number of amides is 3. The highest BCUT2D eigenvalue weighted by atomic mass is 16.2. The maximum absolute atomic E-state index is 12.7. The number of nitrogens with one attached hydrogen (secondary N) is 1. The molecule has 1 aromatic rings. The molecule has 1 aromatic carbocycles. The van der Waals surface area contributed by atoms with Gasteiger partial charge in [-0.15, -0.1) is 0 Å². The molecule has 2 saturated carbocycles. The summed E-state index contributed by atoms with van der Waals surface area (Å²) < 4.78 is 0. The number of hydrogen-bond acceptors (Lipinski definition) is 3. The number of carbonyl (C=O) groups is 3. The molecule has 3 amide bonds. The largest absolute Gasteiger partial charge is 0.354 e. The molecular weight excluding hydrogens is 352 g/mol. The first-order valence-corrected chi connectivity index (χ1v) is 10.8. The molecule has 2 aliphatic carbocycles. The lowest BCUT2D eigenvalue weighted by Gasteiger charge is -2.38. The molecule has 5 heteroatoms. The maximum atomic E-state index is 12.7. The van der Waals surface area contributed by atoms with E-state index in [0.29, 0.717) is 6.54 Å². The molecule has 3 fully saturated rings. The van der Waals surface area contributed by atoms with E-state index in [-0.39, 0.29) is 41.5 Å². The highest BCUT2D eigenvalue weighted by Crippen LogP contribution is 2.39. The van der Waals surface area contributed by atoms with E-state index in [4.69, 9.17) is 0 Å². The number of hydrogen-bond donors (Lipinski definition) is 1. The first kappa shape index (κ1) is 19.2. The second-order valence-electron chi connectivity index (χ2n) is 8.74. The third-order valence-electron chi connectivity index (χ3n) is 7.05. The second kappa shape index (κ2) is 8.06. The zero-order chi connectivity index (χ0) is 19.6. The summed E-state index contributed by atoms with van der Waals surface area (Å²) in [4.78, 5) is 39.1. The fraction of sp³-hybridized carbons (Fsp3) is 0.609. The molecule has 2 atom stereocenters. The van der Waals surface area contributed by atoms with Crippen LogP contribution in [0.1, 0.15) is 63.4 Å². The number of carbonyl (C=O) groups excluding carboxylic acids is 3. The maximum Gasteiger partial charge on any atom is 0.240 e. The molecule has 1 N–H and O–H groups in total. The third-order valence-corrected chi connectivity index (χ3v) is 7.05. The Morgan fingerprint density at radius 2 is 1.54 bits per heavy atom. The molecule has 0 aromatic heterocycles. The number of rotatable bonds is 5. The Balaban J connectivity index is 1.40. The van der Waals surface area contributed by atoms with E-state index in [1.165, 1.54) is 16.9 Å². The number of imide groups is 1. The minimum absolute atomic E-state index is 0.0395. The molecule has 5 nitrogen and oxygen atoms in total. The summed E-state index contributed by atoms with van der Waals surface area (Å²) in [6.07, 6.45) is 9.25. The van der Waals surface area contributed by atoms with Gasteiger partial charge < -0.3 is 5.32 Å². The van der Waals surface area contributed by atoms with Crippen molar-refractivity contribution in [2.75, 3.05) is 13.1 Å². The molecule has 1 heterocycles. The summed E-state index contributed by atoms with van der Waals surface area (Å²) in [5.41, 5.74) is 1.23. The van der Waals surface area contributed by atoms with Crippen molar-refractivity contribution in [2.45, 2.75) is 63.2 Å². The van der Waals surface area contributed by atoms with Gasteiger partial charge in [-0.25, -0.2) is 0 Å². The molecule has 28 heavy (non-hydrogen) atoms. The molecule has 0 spiro atoms. The number of fused-ring (bicyclic) bond motifs is 1. The van der Waals surface area contributed by atoms with Crippen LogP contribution >= 0.6 is 0 Å². The van der Waals surface area contributed by atoms with Crippen LogP contribution in [0.25, 0.3) is 0 Å². The molecule has 1 saturated heterocycles. The first-order valence-electron chi connectivity index (χ1n) is 10.8. The van der Waals surface area contributed by atoms with Crippen LogP contribution in [-0.2, 0) is 19.8 Å². The predicted molar refractivity (Wildman–Crippen MR) is 106 cm³/mol. The molecule has 4 rings (SSSR count). The Morgan fingerprint density at radius 1 is 0.929 bits per heavy atom. The van der Waals surface area contributed by atoms with Gasteiger partial charge in [-0.2, -0.15) is 0 Å². The summed E-state index contributed by atoms with van der Waals surface area (Å²) >= 11 is 0. The van der Waals surface area contributed by atoms with Crippen molar-refractivity contribution in [1.29, 1.82) is 0 Å². The summed E-state index contributed by atoms with van der Waals surface area (Å²) in [7, 11) is 0. The van der Waals surface area contributed by atoms with Crippen LogP contribution in [0.4, 0.5) is 0 Å². The fourth-order valence-electron chi connectivity index (χ4n) is 5.44. The lowest BCUT2D eigenvalue weighted by molar-refractivity contribution is -0.143. The Morgan fingerprint density at radius 3 is 2.14 bits per heavy atom.